The van der Waals surface area contributed by atoms with Crippen molar-refractivity contribution in [2.45, 2.75) is 37.5 Å². The molecule has 0 bridgehead atoms. The largest absolute Gasteiger partial charge is 0.438 e. The highest BCUT2D eigenvalue weighted by molar-refractivity contribution is 5.70. The van der Waals surface area contributed by atoms with E-state index in [9.17, 15) is 19.4 Å². The fourth-order valence-corrected chi connectivity index (χ4v) is 4.45. The smallest absolute Gasteiger partial charge is 0.411 e. The first kappa shape index (κ1) is 23.0. The average molecular weight is 450 g/mol. The molecule has 1 heterocycles. The van der Waals surface area contributed by atoms with Crippen molar-refractivity contribution < 1.29 is 24.1 Å². The van der Waals surface area contributed by atoms with Gasteiger partial charge >= 0.3 is 6.09 Å². The van der Waals surface area contributed by atoms with E-state index >= 15 is 0 Å². The van der Waals surface area contributed by atoms with Gasteiger partial charge in [0, 0.05) is 19.4 Å². The molecule has 0 radical (unpaired) electrons. The molecule has 1 aliphatic rings. The number of amides is 1. The second kappa shape index (κ2) is 9.73. The first-order valence-electron chi connectivity index (χ1n) is 11.1. The van der Waals surface area contributed by atoms with E-state index < -0.39 is 24.4 Å². The van der Waals surface area contributed by atoms with Crippen LogP contribution >= 0.6 is 0 Å². The molecule has 3 aromatic carbocycles. The van der Waals surface area contributed by atoms with Crippen molar-refractivity contribution in [2.75, 3.05) is 13.2 Å². The second-order valence-corrected chi connectivity index (χ2v) is 8.52. The van der Waals surface area contributed by atoms with Crippen molar-refractivity contribution >= 4 is 6.09 Å². The molecule has 1 aliphatic heterocycles. The van der Waals surface area contributed by atoms with Gasteiger partial charge in [-0.2, -0.15) is 0 Å². The fourth-order valence-electron chi connectivity index (χ4n) is 4.45. The van der Waals surface area contributed by atoms with Crippen molar-refractivity contribution in [2.24, 2.45) is 0 Å². The van der Waals surface area contributed by atoms with Crippen LogP contribution in [0.1, 0.15) is 36.9 Å². The lowest BCUT2D eigenvalue weighted by Crippen LogP contribution is -2.50. The van der Waals surface area contributed by atoms with Crippen LogP contribution in [0.2, 0.25) is 0 Å². The lowest BCUT2D eigenvalue weighted by atomic mass is 9.83. The van der Waals surface area contributed by atoms with E-state index in [0.717, 1.165) is 22.3 Å². The summed E-state index contributed by atoms with van der Waals surface area (Å²) >= 11 is 0. The van der Waals surface area contributed by atoms with Crippen molar-refractivity contribution in [1.82, 2.24) is 4.90 Å². The summed E-state index contributed by atoms with van der Waals surface area (Å²) in [7, 11) is 0. The van der Waals surface area contributed by atoms with Gasteiger partial charge in [-0.3, -0.25) is 0 Å². The van der Waals surface area contributed by atoms with Gasteiger partial charge in [0.05, 0.1) is 18.8 Å². The number of ether oxygens (including phenoxy) is 1. The molecule has 0 aromatic heterocycles. The zero-order chi connectivity index (χ0) is 23.4. The van der Waals surface area contributed by atoms with Gasteiger partial charge in [-0.1, -0.05) is 66.7 Å². The maximum Gasteiger partial charge on any atom is 0.411 e. The Bertz CT molecular complexity index is 1070. The van der Waals surface area contributed by atoms with E-state index in [1.54, 1.807) is 17.0 Å². The zero-order valence-electron chi connectivity index (χ0n) is 18.5. The van der Waals surface area contributed by atoms with Gasteiger partial charge in [0.15, 0.2) is 0 Å². The maximum absolute atomic E-state index is 13.2. The Balaban J connectivity index is 1.51. The summed E-state index contributed by atoms with van der Waals surface area (Å²) in [6.07, 6.45) is -0.808. The van der Waals surface area contributed by atoms with Crippen molar-refractivity contribution in [3.63, 3.8) is 0 Å². The summed E-state index contributed by atoms with van der Waals surface area (Å²) in [5.74, 6) is -0.273. The summed E-state index contributed by atoms with van der Waals surface area (Å²) < 4.78 is 19.2. The number of rotatable bonds is 7. The summed E-state index contributed by atoms with van der Waals surface area (Å²) in [6, 6.07) is 23.4. The van der Waals surface area contributed by atoms with Gasteiger partial charge in [-0.05, 0) is 41.3 Å². The monoisotopic (exact) mass is 449 g/mol. The summed E-state index contributed by atoms with van der Waals surface area (Å²) in [5, 5.41) is 19.5. The molecular weight excluding hydrogens is 421 g/mol. The number of carbonyl (C=O) groups excluding carboxylic acids is 1. The molecule has 0 spiro atoms. The van der Waals surface area contributed by atoms with Crippen molar-refractivity contribution in [3.05, 3.63) is 95.8 Å². The molecular formula is C27H28FNO4. The van der Waals surface area contributed by atoms with Gasteiger partial charge in [-0.15, -0.1) is 0 Å². The predicted octanol–water partition coefficient (Wildman–Crippen LogP) is 5.03. The van der Waals surface area contributed by atoms with Crippen LogP contribution in [0.4, 0.5) is 9.18 Å². The molecule has 0 saturated carbocycles. The minimum absolute atomic E-state index is 0.133. The van der Waals surface area contributed by atoms with Gasteiger partial charge in [0.2, 0.25) is 0 Å². The minimum atomic E-state index is -0.985. The van der Waals surface area contributed by atoms with Crippen LogP contribution in [0.15, 0.2) is 78.9 Å². The van der Waals surface area contributed by atoms with Gasteiger partial charge in [-0.25, -0.2) is 9.18 Å². The molecule has 3 atom stereocenters. The maximum atomic E-state index is 13.2. The normalized spacial score (nSPS) is 20.2. The first-order valence-corrected chi connectivity index (χ1v) is 11.1. The molecule has 1 unspecified atom stereocenters. The highest BCUT2D eigenvalue weighted by atomic mass is 19.1. The molecule has 172 valence electrons. The Morgan fingerprint density at radius 1 is 1.00 bits per heavy atom. The Morgan fingerprint density at radius 3 is 2.18 bits per heavy atom. The van der Waals surface area contributed by atoms with E-state index in [-0.39, 0.29) is 18.3 Å². The van der Waals surface area contributed by atoms with Crippen molar-refractivity contribution in [3.8, 4) is 11.1 Å². The average Bonchev–Trinajstić information content (AvgIpc) is 2.85. The van der Waals surface area contributed by atoms with Crippen LogP contribution in [0, 0.1) is 5.82 Å². The SMILES string of the molecule is C[C@@H](c1ccc(-c2ccc(F)cc2)cc1)N1CC[C@](CC(O)CO)(c2ccccc2)OC1=O. The first-order chi connectivity index (χ1) is 15.9. The molecule has 1 amide bonds. The molecule has 1 fully saturated rings. The second-order valence-electron chi connectivity index (χ2n) is 8.52. The van der Waals surface area contributed by atoms with E-state index in [1.165, 1.54) is 12.1 Å². The Morgan fingerprint density at radius 2 is 1.61 bits per heavy atom. The number of nitrogens with zero attached hydrogens (tertiary/aromatic N) is 1. The number of carbonyl (C=O) groups is 1. The van der Waals surface area contributed by atoms with Crippen LogP contribution in [0.25, 0.3) is 11.1 Å². The van der Waals surface area contributed by atoms with E-state index in [1.807, 2.05) is 61.5 Å². The van der Waals surface area contributed by atoms with E-state index in [2.05, 4.69) is 0 Å². The number of aliphatic hydroxyl groups is 2. The summed E-state index contributed by atoms with van der Waals surface area (Å²) in [5.41, 5.74) is 2.67. The number of hydrogen-bond donors (Lipinski definition) is 2. The lowest BCUT2D eigenvalue weighted by Gasteiger charge is -2.44. The third-order valence-corrected chi connectivity index (χ3v) is 6.39. The summed E-state index contributed by atoms with van der Waals surface area (Å²) in [4.78, 5) is 14.8. The molecule has 6 heteroatoms. The number of hydrogen-bond acceptors (Lipinski definition) is 4. The molecule has 1 saturated heterocycles. The highest BCUT2D eigenvalue weighted by Gasteiger charge is 2.44. The molecule has 5 nitrogen and oxygen atoms in total. The number of halogens is 1. The van der Waals surface area contributed by atoms with Gasteiger partial charge in [0.1, 0.15) is 11.4 Å². The van der Waals surface area contributed by atoms with E-state index in [0.29, 0.717) is 13.0 Å². The molecule has 0 aliphatic carbocycles. The van der Waals surface area contributed by atoms with Crippen LogP contribution in [-0.4, -0.2) is 40.5 Å². The van der Waals surface area contributed by atoms with Crippen LogP contribution < -0.4 is 0 Å². The Kier molecular flexibility index (Phi) is 6.77. The van der Waals surface area contributed by atoms with Crippen molar-refractivity contribution in [1.29, 1.82) is 0 Å². The van der Waals surface area contributed by atoms with Crippen LogP contribution in [0.5, 0.6) is 0 Å². The standard InChI is InChI=1S/C27H28FNO4/c1-19(20-7-9-21(10-8-20)22-11-13-24(28)14-12-22)29-16-15-27(33-26(29)32,17-25(31)18-30)23-5-3-2-4-6-23/h2-14,19,25,30-31H,15-18H2,1H3/t19-,25?,27-/m0/s1. The number of aliphatic hydroxyl groups excluding tert-OH is 2. The van der Waals surface area contributed by atoms with Crippen LogP contribution in [0.3, 0.4) is 0 Å². The third-order valence-electron chi connectivity index (χ3n) is 6.39. The molecule has 4 rings (SSSR count). The summed E-state index contributed by atoms with van der Waals surface area (Å²) in [6.45, 7) is 2.01. The lowest BCUT2D eigenvalue weighted by molar-refractivity contribution is -0.0892. The highest BCUT2D eigenvalue weighted by Crippen LogP contribution is 2.40. The van der Waals surface area contributed by atoms with E-state index in [4.69, 9.17) is 4.74 Å². The zero-order valence-corrected chi connectivity index (χ0v) is 18.5. The van der Waals surface area contributed by atoms with Gasteiger partial charge < -0.3 is 19.8 Å². The van der Waals surface area contributed by atoms with Crippen LogP contribution in [-0.2, 0) is 10.3 Å². The van der Waals surface area contributed by atoms with Gasteiger partial charge in [0.25, 0.3) is 0 Å². The molecule has 3 aromatic rings. The topological polar surface area (TPSA) is 70.0 Å². The predicted molar refractivity (Wildman–Crippen MR) is 124 cm³/mol. The molecule has 2 N–H and O–H groups in total. The molecule has 33 heavy (non-hydrogen) atoms. The quantitative estimate of drug-likeness (QED) is 0.531. The third kappa shape index (κ3) is 4.92. The minimum Gasteiger partial charge on any atom is -0.438 e. The Labute approximate surface area is 193 Å². The fraction of sp³-hybridized carbons (Fsp3) is 0.296. The number of benzene rings is 3. The Hall–Kier alpha value is -3.22. The number of cyclic esters (lactones) is 1.